The fourth-order valence-corrected chi connectivity index (χ4v) is 7.96. The summed E-state index contributed by atoms with van der Waals surface area (Å²) in [5.41, 5.74) is 4.89. The topological polar surface area (TPSA) is 139 Å². The molecular formula is C36H33N5O5S2. The van der Waals surface area contributed by atoms with Gasteiger partial charge in [-0.2, -0.15) is 5.10 Å². The number of aromatic nitrogens is 4. The monoisotopic (exact) mass is 679 g/mol. The number of aliphatic hydroxyl groups is 1. The number of fused-ring (bicyclic) bond motifs is 1. The van der Waals surface area contributed by atoms with Crippen LogP contribution in [0.15, 0.2) is 132 Å². The number of H-pyrrole nitrogens is 1. The first kappa shape index (κ1) is 32.1. The minimum absolute atomic E-state index is 0.0442. The predicted molar refractivity (Wildman–Crippen MR) is 182 cm³/mol. The van der Waals surface area contributed by atoms with Gasteiger partial charge in [0, 0.05) is 35.4 Å². The summed E-state index contributed by atoms with van der Waals surface area (Å²) in [5, 5.41) is 18.0. The number of aromatic amines is 1. The Labute approximate surface area is 282 Å². The van der Waals surface area contributed by atoms with E-state index in [0.717, 1.165) is 33.2 Å². The van der Waals surface area contributed by atoms with E-state index >= 15 is 0 Å². The van der Waals surface area contributed by atoms with Gasteiger partial charge >= 0.3 is 0 Å². The molecule has 0 saturated carbocycles. The van der Waals surface area contributed by atoms with Gasteiger partial charge in [-0.1, -0.05) is 109 Å². The number of pyridine rings is 1. The Kier molecular flexibility index (Phi) is 9.61. The number of sulfonamides is 1. The summed E-state index contributed by atoms with van der Waals surface area (Å²) in [6.07, 6.45) is 1.74. The highest BCUT2D eigenvalue weighted by molar-refractivity contribution is 7.99. The molecule has 3 heterocycles. The molecular weight excluding hydrogens is 647 g/mol. The molecule has 2 aromatic heterocycles. The average Bonchev–Trinajstić information content (AvgIpc) is 3.67. The molecule has 10 nitrogen and oxygen atoms in total. The first-order chi connectivity index (χ1) is 23.5. The van der Waals surface area contributed by atoms with E-state index in [2.05, 4.69) is 37.0 Å². The summed E-state index contributed by atoms with van der Waals surface area (Å²) in [7, 11) is -3.82. The maximum absolute atomic E-state index is 13.3. The Morgan fingerprint density at radius 3 is 2.29 bits per heavy atom. The van der Waals surface area contributed by atoms with Gasteiger partial charge in [-0.25, -0.2) is 18.1 Å². The van der Waals surface area contributed by atoms with Crippen molar-refractivity contribution in [2.45, 2.75) is 47.6 Å². The average molecular weight is 680 g/mol. The summed E-state index contributed by atoms with van der Waals surface area (Å²) >= 11 is 1.53. The number of ether oxygens (including phenoxy) is 2. The highest BCUT2D eigenvalue weighted by Crippen LogP contribution is 2.47. The molecule has 4 atom stereocenters. The SMILES string of the molecule is O=S(=O)(NCc1ccc(C2O[C@H](CSc3ncn[nH]3)[C@@H](c3ccccc3)[C@H](c3ccc(CO)cc3)O2)cc1)c1cccc2cccnc12. The Hall–Kier alpha value is -4.43. The first-order valence-corrected chi connectivity index (χ1v) is 17.9. The van der Waals surface area contributed by atoms with Crippen molar-refractivity contribution in [3.05, 3.63) is 150 Å². The van der Waals surface area contributed by atoms with Crippen molar-refractivity contribution < 1.29 is 23.0 Å². The molecule has 4 aromatic carbocycles. The summed E-state index contributed by atoms with van der Waals surface area (Å²) in [5.74, 6) is 0.443. The van der Waals surface area contributed by atoms with Gasteiger partial charge in [-0.15, -0.1) is 0 Å². The molecule has 0 amide bonds. The number of para-hydroxylation sites is 1. The van der Waals surface area contributed by atoms with Crippen LogP contribution in [0, 0.1) is 0 Å². The molecule has 1 aliphatic heterocycles. The summed E-state index contributed by atoms with van der Waals surface area (Å²) in [6, 6.07) is 34.3. The van der Waals surface area contributed by atoms with E-state index in [1.807, 2.05) is 78.9 Å². The van der Waals surface area contributed by atoms with Gasteiger partial charge in [-0.3, -0.25) is 10.1 Å². The minimum atomic E-state index is -3.82. The third kappa shape index (κ3) is 7.04. The van der Waals surface area contributed by atoms with E-state index in [-0.39, 0.29) is 36.2 Å². The maximum atomic E-state index is 13.3. The largest absolute Gasteiger partial charge is 0.392 e. The molecule has 6 aromatic rings. The van der Waals surface area contributed by atoms with Crippen LogP contribution in [0.25, 0.3) is 10.9 Å². The van der Waals surface area contributed by atoms with Crippen molar-refractivity contribution in [3.8, 4) is 0 Å². The van der Waals surface area contributed by atoms with E-state index in [1.165, 1.54) is 18.1 Å². The quantitative estimate of drug-likeness (QED) is 0.140. The van der Waals surface area contributed by atoms with Gasteiger partial charge in [-0.05, 0) is 34.4 Å². The molecule has 1 saturated heterocycles. The smallest absolute Gasteiger partial charge is 0.243 e. The van der Waals surface area contributed by atoms with Crippen LogP contribution in [-0.2, 0) is 32.6 Å². The number of hydrogen-bond acceptors (Lipinski definition) is 9. The minimum Gasteiger partial charge on any atom is -0.392 e. The molecule has 1 fully saturated rings. The molecule has 1 aliphatic rings. The molecule has 0 bridgehead atoms. The van der Waals surface area contributed by atoms with Crippen LogP contribution in [0.1, 0.15) is 46.1 Å². The lowest BCUT2D eigenvalue weighted by Crippen LogP contribution is -2.38. The Morgan fingerprint density at radius 1 is 0.792 bits per heavy atom. The lowest BCUT2D eigenvalue weighted by molar-refractivity contribution is -0.255. The van der Waals surface area contributed by atoms with E-state index in [0.29, 0.717) is 16.4 Å². The lowest BCUT2D eigenvalue weighted by Gasteiger charge is -2.43. The van der Waals surface area contributed by atoms with Gasteiger partial charge in [0.2, 0.25) is 10.0 Å². The number of nitrogens with zero attached hydrogens (tertiary/aromatic N) is 3. The predicted octanol–water partition coefficient (Wildman–Crippen LogP) is 6.06. The highest BCUT2D eigenvalue weighted by atomic mass is 32.2. The van der Waals surface area contributed by atoms with Crippen LogP contribution in [0.3, 0.4) is 0 Å². The first-order valence-electron chi connectivity index (χ1n) is 15.4. The van der Waals surface area contributed by atoms with E-state index < -0.39 is 16.3 Å². The second-order valence-electron chi connectivity index (χ2n) is 11.4. The fraction of sp³-hybridized carbons (Fsp3) is 0.194. The van der Waals surface area contributed by atoms with E-state index in [4.69, 9.17) is 9.47 Å². The molecule has 1 unspecified atom stereocenters. The van der Waals surface area contributed by atoms with Crippen molar-refractivity contribution in [3.63, 3.8) is 0 Å². The zero-order chi connectivity index (χ0) is 32.9. The normalized spacial score (nSPS) is 19.8. The second kappa shape index (κ2) is 14.4. The Balaban J connectivity index is 1.14. The van der Waals surface area contributed by atoms with Crippen molar-refractivity contribution in [1.82, 2.24) is 24.9 Å². The second-order valence-corrected chi connectivity index (χ2v) is 14.1. The third-order valence-corrected chi connectivity index (χ3v) is 10.7. The summed E-state index contributed by atoms with van der Waals surface area (Å²) in [4.78, 5) is 8.72. The zero-order valence-corrected chi connectivity index (χ0v) is 27.3. The van der Waals surface area contributed by atoms with Gasteiger partial charge in [0.25, 0.3) is 0 Å². The Morgan fingerprint density at radius 2 is 1.54 bits per heavy atom. The van der Waals surface area contributed by atoms with Crippen molar-refractivity contribution in [1.29, 1.82) is 0 Å². The van der Waals surface area contributed by atoms with Crippen LogP contribution in [-0.4, -0.2) is 45.5 Å². The highest BCUT2D eigenvalue weighted by Gasteiger charge is 2.42. The fourth-order valence-electron chi connectivity index (χ4n) is 5.92. The van der Waals surface area contributed by atoms with Gasteiger partial charge in [0.05, 0.1) is 24.3 Å². The molecule has 0 aliphatic carbocycles. The van der Waals surface area contributed by atoms with Crippen LogP contribution in [0.5, 0.6) is 0 Å². The molecule has 0 radical (unpaired) electrons. The van der Waals surface area contributed by atoms with Crippen molar-refractivity contribution >= 4 is 32.7 Å². The molecule has 244 valence electrons. The number of hydrogen-bond donors (Lipinski definition) is 3. The van der Waals surface area contributed by atoms with Gasteiger partial charge in [0.1, 0.15) is 11.2 Å². The molecule has 3 N–H and O–H groups in total. The standard InChI is InChI=1S/C36H33N5O5S2/c42-21-25-13-15-28(16-14-25)34-32(26-6-2-1-3-7-26)30(22-47-36-38-23-39-41-36)45-35(46-34)29-17-11-24(12-18-29)20-40-48(43,44)31-10-4-8-27-9-5-19-37-33(27)31/h1-19,23,30,32,34-35,40,42H,20-22H2,(H,38,39,41)/t30-,32-,34+,35?/m1/s1. The van der Waals surface area contributed by atoms with Crippen LogP contribution in [0.4, 0.5) is 0 Å². The van der Waals surface area contributed by atoms with Crippen LogP contribution < -0.4 is 4.72 Å². The lowest BCUT2D eigenvalue weighted by atomic mass is 9.84. The van der Waals surface area contributed by atoms with E-state index in [1.54, 1.807) is 24.4 Å². The molecule has 12 heteroatoms. The van der Waals surface area contributed by atoms with Gasteiger partial charge in [0.15, 0.2) is 11.4 Å². The zero-order valence-electron chi connectivity index (χ0n) is 25.7. The molecule has 48 heavy (non-hydrogen) atoms. The summed E-state index contributed by atoms with van der Waals surface area (Å²) in [6.45, 7) is 0.0576. The van der Waals surface area contributed by atoms with Gasteiger partial charge < -0.3 is 14.6 Å². The third-order valence-electron chi connectivity index (χ3n) is 8.35. The van der Waals surface area contributed by atoms with Crippen molar-refractivity contribution in [2.24, 2.45) is 0 Å². The number of nitrogens with one attached hydrogen (secondary N) is 2. The number of thioether (sulfide) groups is 1. The van der Waals surface area contributed by atoms with Crippen LogP contribution in [0.2, 0.25) is 0 Å². The number of aliphatic hydroxyl groups excluding tert-OH is 1. The molecule has 0 spiro atoms. The number of benzene rings is 4. The maximum Gasteiger partial charge on any atom is 0.243 e. The summed E-state index contributed by atoms with van der Waals surface area (Å²) < 4.78 is 42.7. The van der Waals surface area contributed by atoms with Crippen molar-refractivity contribution in [2.75, 3.05) is 5.75 Å². The Bertz CT molecular complexity index is 2060. The molecule has 7 rings (SSSR count). The van der Waals surface area contributed by atoms with E-state index in [9.17, 15) is 13.5 Å². The number of rotatable bonds is 11. The van der Waals surface area contributed by atoms with Crippen LogP contribution >= 0.6 is 11.8 Å².